The van der Waals surface area contributed by atoms with E-state index in [1.165, 1.54) is 12.1 Å². The largest absolute Gasteiger partial charge is 0.354 e. The standard InChI is InChI=1S/C10H12ClFN2O2S/c11-8-5-7(1-2-9(8)12)17(16)6-10(15)14-4-3-13/h1-2,5H,3-4,6,13H2,(H,14,15). The molecule has 1 aromatic carbocycles. The van der Waals surface area contributed by atoms with Crippen LogP contribution in [0.25, 0.3) is 0 Å². The third-order valence-corrected chi connectivity index (χ3v) is 3.48. The van der Waals surface area contributed by atoms with Crippen molar-refractivity contribution in [1.82, 2.24) is 5.32 Å². The second-order valence-electron chi connectivity index (χ2n) is 3.20. The Morgan fingerprint density at radius 3 is 2.82 bits per heavy atom. The van der Waals surface area contributed by atoms with Crippen molar-refractivity contribution in [3.05, 3.63) is 29.0 Å². The maximum atomic E-state index is 12.9. The van der Waals surface area contributed by atoms with E-state index in [9.17, 15) is 13.4 Å². The quantitative estimate of drug-likeness (QED) is 0.831. The molecule has 0 aliphatic carbocycles. The van der Waals surface area contributed by atoms with Gasteiger partial charge in [0, 0.05) is 18.0 Å². The van der Waals surface area contributed by atoms with Crippen LogP contribution < -0.4 is 11.1 Å². The molecule has 0 spiro atoms. The summed E-state index contributed by atoms with van der Waals surface area (Å²) in [5.74, 6) is -1.14. The van der Waals surface area contributed by atoms with Gasteiger partial charge in [0.25, 0.3) is 0 Å². The van der Waals surface area contributed by atoms with Crippen LogP contribution in [0.4, 0.5) is 4.39 Å². The Balaban J connectivity index is 2.63. The maximum absolute atomic E-state index is 12.9. The van der Waals surface area contributed by atoms with E-state index < -0.39 is 16.6 Å². The maximum Gasteiger partial charge on any atom is 0.233 e. The average molecular weight is 279 g/mol. The first-order chi connectivity index (χ1) is 8.04. The fourth-order valence-electron chi connectivity index (χ4n) is 1.08. The van der Waals surface area contributed by atoms with Crippen molar-refractivity contribution < 1.29 is 13.4 Å². The zero-order chi connectivity index (χ0) is 12.8. The zero-order valence-corrected chi connectivity index (χ0v) is 10.5. The molecule has 1 amide bonds. The van der Waals surface area contributed by atoms with Crippen LogP contribution in [0.15, 0.2) is 23.1 Å². The van der Waals surface area contributed by atoms with Gasteiger partial charge in [-0.05, 0) is 18.2 Å². The van der Waals surface area contributed by atoms with Gasteiger partial charge in [0.1, 0.15) is 11.6 Å². The van der Waals surface area contributed by atoms with Gasteiger partial charge in [0.2, 0.25) is 5.91 Å². The molecular formula is C10H12ClFN2O2S. The Labute approximate surface area is 106 Å². The summed E-state index contributed by atoms with van der Waals surface area (Å²) in [7, 11) is -1.54. The predicted molar refractivity (Wildman–Crippen MR) is 64.7 cm³/mol. The van der Waals surface area contributed by atoms with E-state index in [1.807, 2.05) is 0 Å². The summed E-state index contributed by atoms with van der Waals surface area (Å²) < 4.78 is 24.6. The molecule has 3 N–H and O–H groups in total. The Morgan fingerprint density at radius 1 is 1.53 bits per heavy atom. The molecule has 0 radical (unpaired) electrons. The van der Waals surface area contributed by atoms with Gasteiger partial charge in [0.15, 0.2) is 0 Å². The van der Waals surface area contributed by atoms with Crippen LogP contribution >= 0.6 is 11.6 Å². The van der Waals surface area contributed by atoms with Gasteiger partial charge in [-0.25, -0.2) is 4.39 Å². The molecule has 1 aromatic rings. The number of benzene rings is 1. The molecule has 7 heteroatoms. The molecule has 0 aromatic heterocycles. The second-order valence-corrected chi connectivity index (χ2v) is 5.06. The fraction of sp³-hybridized carbons (Fsp3) is 0.300. The van der Waals surface area contributed by atoms with E-state index >= 15 is 0 Å². The SMILES string of the molecule is NCCNC(=O)CS(=O)c1ccc(F)c(Cl)c1. The minimum Gasteiger partial charge on any atom is -0.354 e. The minimum absolute atomic E-state index is 0.113. The normalized spacial score (nSPS) is 12.2. The lowest BCUT2D eigenvalue weighted by Gasteiger charge is -2.04. The minimum atomic E-state index is -1.54. The molecule has 1 atom stereocenters. The van der Waals surface area contributed by atoms with Crippen molar-refractivity contribution in [2.45, 2.75) is 4.90 Å². The van der Waals surface area contributed by atoms with E-state index in [0.717, 1.165) is 6.07 Å². The van der Waals surface area contributed by atoms with Crippen molar-refractivity contribution >= 4 is 28.3 Å². The molecule has 0 bridgehead atoms. The first-order valence-corrected chi connectivity index (χ1v) is 6.54. The van der Waals surface area contributed by atoms with Crippen LogP contribution in [0.1, 0.15) is 0 Å². The van der Waals surface area contributed by atoms with Crippen LogP contribution in [0.5, 0.6) is 0 Å². The number of amides is 1. The molecule has 0 aliphatic rings. The van der Waals surface area contributed by atoms with Gasteiger partial charge in [-0.3, -0.25) is 9.00 Å². The molecule has 0 aliphatic heterocycles. The van der Waals surface area contributed by atoms with Gasteiger partial charge in [0.05, 0.1) is 15.8 Å². The summed E-state index contributed by atoms with van der Waals surface area (Å²) in [6, 6.07) is 3.71. The molecule has 94 valence electrons. The lowest BCUT2D eigenvalue weighted by Crippen LogP contribution is -2.32. The predicted octanol–water partition coefficient (Wildman–Crippen LogP) is 0.662. The van der Waals surface area contributed by atoms with Gasteiger partial charge in [-0.2, -0.15) is 0 Å². The summed E-state index contributed by atoms with van der Waals surface area (Å²) in [5.41, 5.74) is 5.21. The van der Waals surface area contributed by atoms with Crippen molar-refractivity contribution in [2.75, 3.05) is 18.8 Å². The second kappa shape index (κ2) is 6.68. The summed E-state index contributed by atoms with van der Waals surface area (Å²) in [4.78, 5) is 11.6. The van der Waals surface area contributed by atoms with Crippen molar-refractivity contribution in [2.24, 2.45) is 5.73 Å². The van der Waals surface area contributed by atoms with E-state index in [0.29, 0.717) is 18.0 Å². The molecular weight excluding hydrogens is 267 g/mol. The Morgan fingerprint density at radius 2 is 2.24 bits per heavy atom. The van der Waals surface area contributed by atoms with Crippen molar-refractivity contribution in [3.8, 4) is 0 Å². The van der Waals surface area contributed by atoms with Crippen molar-refractivity contribution in [3.63, 3.8) is 0 Å². The highest BCUT2D eigenvalue weighted by Gasteiger charge is 2.11. The van der Waals surface area contributed by atoms with Crippen LogP contribution in [0.2, 0.25) is 5.02 Å². The first kappa shape index (κ1) is 14.1. The summed E-state index contributed by atoms with van der Waals surface area (Å²) >= 11 is 5.55. The van der Waals surface area contributed by atoms with E-state index in [1.54, 1.807) is 0 Å². The van der Waals surface area contributed by atoms with Crippen LogP contribution in [0.3, 0.4) is 0 Å². The molecule has 1 unspecified atom stereocenters. The monoisotopic (exact) mass is 278 g/mol. The number of nitrogens with one attached hydrogen (secondary N) is 1. The number of halogens is 2. The number of hydrogen-bond donors (Lipinski definition) is 2. The average Bonchev–Trinajstić information content (AvgIpc) is 2.30. The van der Waals surface area contributed by atoms with Gasteiger partial charge >= 0.3 is 0 Å². The highest BCUT2D eigenvalue weighted by Crippen LogP contribution is 2.18. The number of hydrogen-bond acceptors (Lipinski definition) is 3. The highest BCUT2D eigenvalue weighted by molar-refractivity contribution is 7.85. The van der Waals surface area contributed by atoms with Crippen LogP contribution in [-0.2, 0) is 15.6 Å². The third kappa shape index (κ3) is 4.41. The van der Waals surface area contributed by atoms with Gasteiger partial charge in [-0.1, -0.05) is 11.6 Å². The Hall–Kier alpha value is -0.980. The van der Waals surface area contributed by atoms with E-state index in [4.69, 9.17) is 17.3 Å². The molecule has 0 saturated heterocycles. The Bertz CT molecular complexity index is 442. The molecule has 0 saturated carbocycles. The number of carbonyl (C=O) groups excluding carboxylic acids is 1. The van der Waals surface area contributed by atoms with Gasteiger partial charge in [-0.15, -0.1) is 0 Å². The molecule has 4 nitrogen and oxygen atoms in total. The van der Waals surface area contributed by atoms with Crippen LogP contribution in [-0.4, -0.2) is 29.0 Å². The van der Waals surface area contributed by atoms with Crippen molar-refractivity contribution in [1.29, 1.82) is 0 Å². The number of nitrogens with two attached hydrogens (primary N) is 1. The lowest BCUT2D eigenvalue weighted by molar-refractivity contribution is -0.118. The molecule has 0 heterocycles. The first-order valence-electron chi connectivity index (χ1n) is 4.84. The topological polar surface area (TPSA) is 72.2 Å². The summed E-state index contributed by atoms with van der Waals surface area (Å²) in [6.07, 6.45) is 0. The smallest absolute Gasteiger partial charge is 0.233 e. The molecule has 17 heavy (non-hydrogen) atoms. The van der Waals surface area contributed by atoms with E-state index in [-0.39, 0.29) is 16.7 Å². The fourth-order valence-corrected chi connectivity index (χ4v) is 2.30. The molecule has 0 fully saturated rings. The summed E-state index contributed by atoms with van der Waals surface area (Å²) in [6.45, 7) is 0.654. The van der Waals surface area contributed by atoms with E-state index in [2.05, 4.69) is 5.32 Å². The number of rotatable bonds is 5. The van der Waals surface area contributed by atoms with Gasteiger partial charge < -0.3 is 11.1 Å². The number of carbonyl (C=O) groups is 1. The highest BCUT2D eigenvalue weighted by atomic mass is 35.5. The molecule has 1 rings (SSSR count). The summed E-state index contributed by atoms with van der Waals surface area (Å²) in [5, 5.41) is 2.38. The lowest BCUT2D eigenvalue weighted by atomic mass is 10.3. The zero-order valence-electron chi connectivity index (χ0n) is 8.91. The van der Waals surface area contributed by atoms with Crippen LogP contribution in [0, 0.1) is 5.82 Å². The Kier molecular flexibility index (Phi) is 5.54. The third-order valence-electron chi connectivity index (χ3n) is 1.88.